The topological polar surface area (TPSA) is 29.1 Å². The third kappa shape index (κ3) is 4.18. The maximum Gasteiger partial charge on any atom is 0.0498 e. The van der Waals surface area contributed by atoms with E-state index in [9.17, 15) is 4.21 Å². The molecule has 2 rings (SSSR count). The van der Waals surface area contributed by atoms with Crippen LogP contribution in [-0.4, -0.2) is 10.5 Å². The molecule has 1 atom stereocenters. The third-order valence-electron chi connectivity index (χ3n) is 3.70. The average Bonchev–Trinajstić information content (AvgIpc) is 2.52. The van der Waals surface area contributed by atoms with Gasteiger partial charge in [0.05, 0.1) is 0 Å². The molecule has 0 amide bonds. The maximum absolute atomic E-state index is 11.4. The van der Waals surface area contributed by atoms with Gasteiger partial charge in [0.2, 0.25) is 0 Å². The molecule has 0 saturated heterocycles. The Bertz CT molecular complexity index is 620. The Labute approximate surface area is 130 Å². The van der Waals surface area contributed by atoms with Crippen LogP contribution in [0, 0.1) is 0 Å². The van der Waals surface area contributed by atoms with E-state index < -0.39 is 10.8 Å². The van der Waals surface area contributed by atoms with Crippen molar-refractivity contribution < 1.29 is 4.21 Å². The molecule has 0 bridgehead atoms. The van der Waals surface area contributed by atoms with E-state index >= 15 is 0 Å². The van der Waals surface area contributed by atoms with Crippen LogP contribution in [0.15, 0.2) is 47.4 Å². The quantitative estimate of drug-likeness (QED) is 0.868. The minimum Gasteiger partial charge on any atom is -0.381 e. The number of aryl methyl sites for hydroxylation is 2. The summed E-state index contributed by atoms with van der Waals surface area (Å²) in [6, 6.07) is 14.6. The predicted octanol–water partition coefficient (Wildman–Crippen LogP) is 4.16. The second-order valence-corrected chi connectivity index (χ2v) is 6.53. The van der Waals surface area contributed by atoms with Crippen molar-refractivity contribution in [1.82, 2.24) is 0 Å². The van der Waals surface area contributed by atoms with Crippen molar-refractivity contribution in [3.05, 3.63) is 59.2 Å². The van der Waals surface area contributed by atoms with Crippen LogP contribution in [0.1, 0.15) is 30.5 Å². The van der Waals surface area contributed by atoms with E-state index in [1.807, 2.05) is 24.3 Å². The zero-order valence-corrected chi connectivity index (χ0v) is 13.8. The van der Waals surface area contributed by atoms with Crippen molar-refractivity contribution in [1.29, 1.82) is 0 Å². The van der Waals surface area contributed by atoms with Crippen LogP contribution in [-0.2, 0) is 30.2 Å². The van der Waals surface area contributed by atoms with Gasteiger partial charge in [0, 0.05) is 34.2 Å². The highest BCUT2D eigenvalue weighted by Crippen LogP contribution is 2.20. The summed E-state index contributed by atoms with van der Waals surface area (Å²) in [5.41, 5.74) is 5.12. The number of rotatable bonds is 6. The standard InChI is InChI=1S/C18H23NOS/c1-4-14-6-9-16(5-2)18(12-14)19-13-15-7-10-17(11-8-15)21(3)20/h6-12,19H,4-5,13H2,1-3H3/t21-/m0/s1. The lowest BCUT2D eigenvalue weighted by molar-refractivity contribution is 0.687. The summed E-state index contributed by atoms with van der Waals surface area (Å²) >= 11 is 0. The molecule has 2 aromatic carbocycles. The SMILES string of the molecule is CCc1ccc(CC)c(NCc2ccc([S@](C)=O)cc2)c1. The highest BCUT2D eigenvalue weighted by Gasteiger charge is 2.03. The normalized spacial score (nSPS) is 12.1. The van der Waals surface area contributed by atoms with Crippen molar-refractivity contribution in [3.8, 4) is 0 Å². The van der Waals surface area contributed by atoms with Crippen LogP contribution in [0.3, 0.4) is 0 Å². The van der Waals surface area contributed by atoms with Gasteiger partial charge in [-0.05, 0) is 47.7 Å². The molecule has 0 radical (unpaired) electrons. The van der Waals surface area contributed by atoms with Gasteiger partial charge in [-0.15, -0.1) is 0 Å². The second kappa shape index (κ2) is 7.41. The fourth-order valence-corrected chi connectivity index (χ4v) is 2.83. The first-order valence-electron chi connectivity index (χ1n) is 7.42. The van der Waals surface area contributed by atoms with Crippen molar-refractivity contribution in [2.45, 2.75) is 38.1 Å². The Kier molecular flexibility index (Phi) is 5.57. The molecule has 0 spiro atoms. The van der Waals surface area contributed by atoms with Crippen molar-refractivity contribution in [2.75, 3.05) is 11.6 Å². The van der Waals surface area contributed by atoms with Crippen LogP contribution >= 0.6 is 0 Å². The minimum atomic E-state index is -0.907. The van der Waals surface area contributed by atoms with Gasteiger partial charge in [-0.1, -0.05) is 38.1 Å². The summed E-state index contributed by atoms with van der Waals surface area (Å²) in [4.78, 5) is 0.876. The lowest BCUT2D eigenvalue weighted by Crippen LogP contribution is -2.03. The largest absolute Gasteiger partial charge is 0.381 e. The van der Waals surface area contributed by atoms with Crippen molar-refractivity contribution in [3.63, 3.8) is 0 Å². The zero-order chi connectivity index (χ0) is 15.2. The minimum absolute atomic E-state index is 0.788. The predicted molar refractivity (Wildman–Crippen MR) is 91.3 cm³/mol. The van der Waals surface area contributed by atoms with Crippen LogP contribution in [0.2, 0.25) is 0 Å². The molecule has 2 aromatic rings. The number of anilines is 1. The van der Waals surface area contributed by atoms with Crippen molar-refractivity contribution in [2.24, 2.45) is 0 Å². The van der Waals surface area contributed by atoms with Gasteiger partial charge in [-0.3, -0.25) is 4.21 Å². The molecule has 0 aliphatic rings. The van der Waals surface area contributed by atoms with E-state index in [-0.39, 0.29) is 0 Å². The summed E-state index contributed by atoms with van der Waals surface area (Å²) in [5.74, 6) is 0. The van der Waals surface area contributed by atoms with Gasteiger partial charge >= 0.3 is 0 Å². The van der Waals surface area contributed by atoms with Gasteiger partial charge in [0.15, 0.2) is 0 Å². The van der Waals surface area contributed by atoms with E-state index in [0.717, 1.165) is 24.3 Å². The van der Waals surface area contributed by atoms with Crippen LogP contribution < -0.4 is 5.32 Å². The smallest absolute Gasteiger partial charge is 0.0498 e. The number of nitrogens with one attached hydrogen (secondary N) is 1. The Morgan fingerprint density at radius 1 is 0.952 bits per heavy atom. The number of hydrogen-bond donors (Lipinski definition) is 1. The Hall–Kier alpha value is -1.61. The summed E-state index contributed by atoms with van der Waals surface area (Å²) in [6.45, 7) is 5.14. The van der Waals surface area contributed by atoms with Gasteiger partial charge in [0.25, 0.3) is 0 Å². The lowest BCUT2D eigenvalue weighted by atomic mass is 10.0. The first kappa shape index (κ1) is 15.8. The first-order valence-corrected chi connectivity index (χ1v) is 8.97. The van der Waals surface area contributed by atoms with Crippen molar-refractivity contribution >= 4 is 16.5 Å². The number of benzene rings is 2. The van der Waals surface area contributed by atoms with E-state index in [1.165, 1.54) is 22.4 Å². The molecular weight excluding hydrogens is 278 g/mol. The van der Waals surface area contributed by atoms with Gasteiger partial charge in [0.1, 0.15) is 0 Å². The molecule has 0 unspecified atom stereocenters. The highest BCUT2D eigenvalue weighted by atomic mass is 32.2. The van der Waals surface area contributed by atoms with Gasteiger partial charge < -0.3 is 5.32 Å². The summed E-state index contributed by atoms with van der Waals surface area (Å²) < 4.78 is 11.4. The second-order valence-electron chi connectivity index (χ2n) is 5.15. The summed E-state index contributed by atoms with van der Waals surface area (Å²) in [6.07, 6.45) is 3.78. The number of hydrogen-bond acceptors (Lipinski definition) is 2. The van der Waals surface area contributed by atoms with Gasteiger partial charge in [-0.2, -0.15) is 0 Å². The van der Waals surface area contributed by atoms with Crippen LogP contribution in [0.4, 0.5) is 5.69 Å². The molecular formula is C18H23NOS. The fourth-order valence-electron chi connectivity index (χ4n) is 2.31. The summed E-state index contributed by atoms with van der Waals surface area (Å²) in [7, 11) is -0.907. The molecule has 0 heterocycles. The molecule has 0 fully saturated rings. The van der Waals surface area contributed by atoms with E-state index in [4.69, 9.17) is 0 Å². The maximum atomic E-state index is 11.4. The molecule has 2 nitrogen and oxygen atoms in total. The Balaban J connectivity index is 2.10. The lowest BCUT2D eigenvalue weighted by Gasteiger charge is -2.13. The highest BCUT2D eigenvalue weighted by molar-refractivity contribution is 7.84. The zero-order valence-electron chi connectivity index (χ0n) is 13.0. The molecule has 0 aliphatic heterocycles. The molecule has 0 saturated carbocycles. The molecule has 0 aliphatic carbocycles. The molecule has 112 valence electrons. The van der Waals surface area contributed by atoms with Crippen LogP contribution in [0.5, 0.6) is 0 Å². The third-order valence-corrected chi connectivity index (χ3v) is 4.64. The molecule has 21 heavy (non-hydrogen) atoms. The molecule has 0 aromatic heterocycles. The van der Waals surface area contributed by atoms with Crippen LogP contribution in [0.25, 0.3) is 0 Å². The van der Waals surface area contributed by atoms with E-state index in [0.29, 0.717) is 0 Å². The Morgan fingerprint density at radius 3 is 2.19 bits per heavy atom. The fraction of sp³-hybridized carbons (Fsp3) is 0.333. The van der Waals surface area contributed by atoms with Gasteiger partial charge in [-0.25, -0.2) is 0 Å². The molecule has 1 N–H and O–H groups in total. The first-order chi connectivity index (χ1) is 10.1. The van der Waals surface area contributed by atoms with E-state index in [2.05, 4.69) is 37.4 Å². The monoisotopic (exact) mass is 301 g/mol. The Morgan fingerprint density at radius 2 is 1.62 bits per heavy atom. The van der Waals surface area contributed by atoms with E-state index in [1.54, 1.807) is 6.26 Å². The molecule has 3 heteroatoms. The average molecular weight is 301 g/mol. The summed E-state index contributed by atoms with van der Waals surface area (Å²) in [5, 5.41) is 3.53.